The van der Waals surface area contributed by atoms with Gasteiger partial charge in [0.25, 0.3) is 0 Å². The van der Waals surface area contributed by atoms with Gasteiger partial charge in [0.1, 0.15) is 17.2 Å². The van der Waals surface area contributed by atoms with Crippen molar-refractivity contribution in [1.29, 1.82) is 0 Å². The third-order valence-electron chi connectivity index (χ3n) is 1.82. The highest BCUT2D eigenvalue weighted by Crippen LogP contribution is 2.17. The average Bonchev–Trinajstić information content (AvgIpc) is 2.08. The summed E-state index contributed by atoms with van der Waals surface area (Å²) < 4.78 is 0. The number of aromatic nitrogens is 2. The van der Waals surface area contributed by atoms with Crippen LogP contribution in [0.3, 0.4) is 0 Å². The summed E-state index contributed by atoms with van der Waals surface area (Å²) in [5, 5.41) is 3.61. The van der Waals surface area contributed by atoms with E-state index in [1.165, 1.54) is 6.33 Å². The minimum Gasteiger partial charge on any atom is -0.365 e. The maximum atomic E-state index is 5.84. The van der Waals surface area contributed by atoms with Crippen molar-refractivity contribution < 1.29 is 0 Å². The van der Waals surface area contributed by atoms with Gasteiger partial charge in [-0.1, -0.05) is 11.6 Å². The van der Waals surface area contributed by atoms with Crippen molar-refractivity contribution >= 4 is 17.4 Å². The molecule has 2 atom stereocenters. The summed E-state index contributed by atoms with van der Waals surface area (Å²) in [6.07, 6.45) is 2.99. The minimum atomic E-state index is 0.0473. The minimum absolute atomic E-state index is 0.0473. The first-order chi connectivity index (χ1) is 6.11. The van der Waals surface area contributed by atoms with E-state index < -0.39 is 0 Å². The smallest absolute Gasteiger partial charge is 0.148 e. The van der Waals surface area contributed by atoms with Gasteiger partial charge < -0.3 is 11.1 Å². The summed E-state index contributed by atoms with van der Waals surface area (Å²) in [6, 6.07) is 0.179. The normalized spacial score (nSPS) is 15.1. The topological polar surface area (TPSA) is 63.8 Å². The van der Waals surface area contributed by atoms with Crippen LogP contribution in [0.4, 0.5) is 5.82 Å². The fourth-order valence-electron chi connectivity index (χ4n) is 0.766. The largest absolute Gasteiger partial charge is 0.365 e. The molecule has 0 bridgehead atoms. The molecule has 0 fully saturated rings. The molecule has 0 radical (unpaired) electrons. The molecule has 0 aliphatic heterocycles. The van der Waals surface area contributed by atoms with Crippen LogP contribution in [-0.2, 0) is 0 Å². The van der Waals surface area contributed by atoms with Crippen LogP contribution in [0.25, 0.3) is 0 Å². The molecular weight excluding hydrogens is 188 g/mol. The molecule has 72 valence electrons. The van der Waals surface area contributed by atoms with E-state index in [0.717, 1.165) is 0 Å². The molecule has 4 nitrogen and oxygen atoms in total. The number of hydrogen-bond acceptors (Lipinski definition) is 4. The second-order valence-electron chi connectivity index (χ2n) is 3.01. The number of halogens is 1. The molecule has 0 spiro atoms. The zero-order valence-corrected chi connectivity index (χ0v) is 8.42. The molecule has 3 N–H and O–H groups in total. The van der Waals surface area contributed by atoms with E-state index in [4.69, 9.17) is 17.3 Å². The first-order valence-electron chi connectivity index (χ1n) is 4.09. The highest BCUT2D eigenvalue weighted by Gasteiger charge is 2.09. The Labute approximate surface area is 82.5 Å². The predicted molar refractivity (Wildman–Crippen MR) is 53.8 cm³/mol. The second kappa shape index (κ2) is 4.39. The lowest BCUT2D eigenvalue weighted by atomic mass is 10.2. The molecule has 0 aromatic carbocycles. The van der Waals surface area contributed by atoms with Crippen molar-refractivity contribution in [1.82, 2.24) is 9.97 Å². The number of nitrogens with two attached hydrogens (primary N) is 1. The van der Waals surface area contributed by atoms with Crippen molar-refractivity contribution in [2.24, 2.45) is 5.73 Å². The lowest BCUT2D eigenvalue weighted by Gasteiger charge is -2.18. The monoisotopic (exact) mass is 200 g/mol. The van der Waals surface area contributed by atoms with Gasteiger partial charge in [-0.25, -0.2) is 9.97 Å². The van der Waals surface area contributed by atoms with E-state index in [1.807, 2.05) is 13.8 Å². The first-order valence-corrected chi connectivity index (χ1v) is 4.46. The molecule has 0 amide bonds. The van der Waals surface area contributed by atoms with E-state index in [0.29, 0.717) is 10.8 Å². The van der Waals surface area contributed by atoms with Gasteiger partial charge in [-0.3, -0.25) is 0 Å². The Bertz CT molecular complexity index is 277. The Hall–Kier alpha value is -0.870. The molecule has 1 aromatic heterocycles. The van der Waals surface area contributed by atoms with E-state index in [-0.39, 0.29) is 12.1 Å². The predicted octanol–water partition coefficient (Wildman–Crippen LogP) is 1.28. The van der Waals surface area contributed by atoms with Gasteiger partial charge >= 0.3 is 0 Å². The van der Waals surface area contributed by atoms with Crippen LogP contribution in [0.2, 0.25) is 5.02 Å². The summed E-state index contributed by atoms with van der Waals surface area (Å²) in [4.78, 5) is 7.77. The van der Waals surface area contributed by atoms with Gasteiger partial charge in [-0.15, -0.1) is 0 Å². The number of rotatable bonds is 3. The summed E-state index contributed by atoms with van der Waals surface area (Å²) in [6.45, 7) is 3.90. The van der Waals surface area contributed by atoms with E-state index in [9.17, 15) is 0 Å². The SMILES string of the molecule is CC(N)C(C)Nc1ncncc1Cl. The number of hydrogen-bond donors (Lipinski definition) is 2. The van der Waals surface area contributed by atoms with E-state index in [1.54, 1.807) is 6.20 Å². The third kappa shape index (κ3) is 2.82. The van der Waals surface area contributed by atoms with Gasteiger partial charge in [0.15, 0.2) is 0 Å². The van der Waals surface area contributed by atoms with Gasteiger partial charge in [0, 0.05) is 12.1 Å². The summed E-state index contributed by atoms with van der Waals surface area (Å²) >= 11 is 5.84. The zero-order valence-electron chi connectivity index (χ0n) is 7.66. The zero-order chi connectivity index (χ0) is 9.84. The van der Waals surface area contributed by atoms with Crippen LogP contribution in [0.5, 0.6) is 0 Å². The molecule has 2 unspecified atom stereocenters. The number of nitrogens with one attached hydrogen (secondary N) is 1. The summed E-state index contributed by atoms with van der Waals surface area (Å²) in [5.41, 5.74) is 5.68. The van der Waals surface area contributed by atoms with Crippen LogP contribution in [0, 0.1) is 0 Å². The van der Waals surface area contributed by atoms with Crippen LogP contribution >= 0.6 is 11.6 Å². The number of nitrogens with zero attached hydrogens (tertiary/aromatic N) is 2. The van der Waals surface area contributed by atoms with Crippen LogP contribution in [-0.4, -0.2) is 22.1 Å². The molecule has 13 heavy (non-hydrogen) atoms. The van der Waals surface area contributed by atoms with Crippen molar-refractivity contribution in [3.63, 3.8) is 0 Å². The fourth-order valence-corrected chi connectivity index (χ4v) is 0.926. The summed E-state index contributed by atoms with van der Waals surface area (Å²) in [7, 11) is 0. The van der Waals surface area contributed by atoms with Crippen molar-refractivity contribution in [3.8, 4) is 0 Å². The Morgan fingerprint density at radius 2 is 2.23 bits per heavy atom. The standard InChI is InChI=1S/C8H13ClN4/c1-5(10)6(2)13-8-7(9)3-11-4-12-8/h3-6H,10H2,1-2H3,(H,11,12,13). The Morgan fingerprint density at radius 1 is 1.54 bits per heavy atom. The fraction of sp³-hybridized carbons (Fsp3) is 0.500. The van der Waals surface area contributed by atoms with Crippen molar-refractivity contribution in [3.05, 3.63) is 17.5 Å². The molecule has 0 saturated heterocycles. The van der Waals surface area contributed by atoms with E-state index in [2.05, 4.69) is 15.3 Å². The highest BCUT2D eigenvalue weighted by molar-refractivity contribution is 6.32. The van der Waals surface area contributed by atoms with Crippen LogP contribution in [0.1, 0.15) is 13.8 Å². The Balaban J connectivity index is 2.69. The Kier molecular flexibility index (Phi) is 3.45. The second-order valence-corrected chi connectivity index (χ2v) is 3.42. The first kappa shape index (κ1) is 10.2. The average molecular weight is 201 g/mol. The lowest BCUT2D eigenvalue weighted by Crippen LogP contribution is -2.35. The van der Waals surface area contributed by atoms with Gasteiger partial charge in [0.05, 0.1) is 6.20 Å². The van der Waals surface area contributed by atoms with Crippen molar-refractivity contribution in [2.45, 2.75) is 25.9 Å². The van der Waals surface area contributed by atoms with Gasteiger partial charge in [-0.2, -0.15) is 0 Å². The maximum Gasteiger partial charge on any atom is 0.148 e. The number of anilines is 1. The maximum absolute atomic E-state index is 5.84. The van der Waals surface area contributed by atoms with Gasteiger partial charge in [0.2, 0.25) is 0 Å². The summed E-state index contributed by atoms with van der Waals surface area (Å²) in [5.74, 6) is 0.626. The van der Waals surface area contributed by atoms with Crippen LogP contribution < -0.4 is 11.1 Å². The lowest BCUT2D eigenvalue weighted by molar-refractivity contribution is 0.636. The van der Waals surface area contributed by atoms with Gasteiger partial charge in [-0.05, 0) is 13.8 Å². The van der Waals surface area contributed by atoms with Crippen molar-refractivity contribution in [2.75, 3.05) is 5.32 Å². The molecule has 0 aliphatic carbocycles. The third-order valence-corrected chi connectivity index (χ3v) is 2.10. The Morgan fingerprint density at radius 3 is 2.77 bits per heavy atom. The van der Waals surface area contributed by atoms with E-state index >= 15 is 0 Å². The molecule has 0 aliphatic rings. The van der Waals surface area contributed by atoms with Crippen LogP contribution in [0.15, 0.2) is 12.5 Å². The molecule has 5 heteroatoms. The molecule has 1 aromatic rings. The molecular formula is C8H13ClN4. The quantitative estimate of drug-likeness (QED) is 0.772. The molecule has 1 heterocycles. The molecule has 1 rings (SSSR count). The molecule has 0 saturated carbocycles. The highest BCUT2D eigenvalue weighted by atomic mass is 35.5.